The van der Waals surface area contributed by atoms with Crippen molar-refractivity contribution < 1.29 is 19.4 Å². The third-order valence-electron chi connectivity index (χ3n) is 3.02. The highest BCUT2D eigenvalue weighted by Crippen LogP contribution is 2.26. The summed E-state index contributed by atoms with van der Waals surface area (Å²) in [6.45, 7) is 1.50. The molecule has 0 aromatic carbocycles. The molecule has 0 aliphatic carbocycles. The zero-order chi connectivity index (χ0) is 14.8. The largest absolute Gasteiger partial charge is 0.476 e. The number of ether oxygens (including phenoxy) is 1. The molecule has 1 aliphatic heterocycles. The van der Waals surface area contributed by atoms with Gasteiger partial charge in [-0.15, -0.1) is 22.7 Å². The highest BCUT2D eigenvalue weighted by molar-refractivity contribution is 7.14. The molecule has 3 heterocycles. The standard InChI is InChI=1S/C13H12N2O4S2/c16-12(10-3-7-5-19-2-1-9(7)21-10)14-4-11-15-8(6-20-11)13(17)18/h3,6H,1-2,4-5H2,(H,14,16)(H,17,18). The molecular formula is C13H12N2O4S2. The van der Waals surface area contributed by atoms with Gasteiger partial charge in [0.15, 0.2) is 5.69 Å². The van der Waals surface area contributed by atoms with Gasteiger partial charge in [-0.25, -0.2) is 9.78 Å². The van der Waals surface area contributed by atoms with Crippen molar-refractivity contribution in [3.63, 3.8) is 0 Å². The van der Waals surface area contributed by atoms with E-state index in [0.29, 0.717) is 23.1 Å². The monoisotopic (exact) mass is 324 g/mol. The average molecular weight is 324 g/mol. The molecule has 110 valence electrons. The number of thiazole rings is 1. The molecule has 21 heavy (non-hydrogen) atoms. The van der Waals surface area contributed by atoms with Crippen LogP contribution in [0.4, 0.5) is 0 Å². The van der Waals surface area contributed by atoms with Crippen LogP contribution in [0.5, 0.6) is 0 Å². The first-order valence-corrected chi connectivity index (χ1v) is 7.98. The van der Waals surface area contributed by atoms with E-state index in [4.69, 9.17) is 9.84 Å². The molecule has 2 N–H and O–H groups in total. The van der Waals surface area contributed by atoms with Crippen LogP contribution in [0.1, 0.15) is 35.6 Å². The maximum Gasteiger partial charge on any atom is 0.355 e. The molecule has 1 aliphatic rings. The number of carbonyl (C=O) groups is 2. The van der Waals surface area contributed by atoms with E-state index < -0.39 is 5.97 Å². The van der Waals surface area contributed by atoms with Gasteiger partial charge in [-0.2, -0.15) is 0 Å². The Hall–Kier alpha value is -1.77. The fourth-order valence-electron chi connectivity index (χ4n) is 1.99. The van der Waals surface area contributed by atoms with Crippen LogP contribution in [-0.4, -0.2) is 28.6 Å². The van der Waals surface area contributed by atoms with Crippen LogP contribution in [0.15, 0.2) is 11.4 Å². The summed E-state index contributed by atoms with van der Waals surface area (Å²) in [4.78, 5) is 28.6. The normalized spacial score (nSPS) is 13.7. The maximum absolute atomic E-state index is 12.1. The van der Waals surface area contributed by atoms with E-state index in [9.17, 15) is 9.59 Å². The van der Waals surface area contributed by atoms with E-state index in [2.05, 4.69) is 10.3 Å². The zero-order valence-electron chi connectivity index (χ0n) is 10.9. The van der Waals surface area contributed by atoms with E-state index in [0.717, 1.165) is 12.0 Å². The number of hydrogen-bond donors (Lipinski definition) is 2. The quantitative estimate of drug-likeness (QED) is 0.897. The predicted molar refractivity (Wildman–Crippen MR) is 77.9 cm³/mol. The maximum atomic E-state index is 12.1. The van der Waals surface area contributed by atoms with E-state index in [1.165, 1.54) is 32.9 Å². The first-order chi connectivity index (χ1) is 10.1. The Labute approximate surface area is 128 Å². The Morgan fingerprint density at radius 1 is 1.48 bits per heavy atom. The third-order valence-corrected chi connectivity index (χ3v) is 5.11. The van der Waals surface area contributed by atoms with Crippen LogP contribution in [0.25, 0.3) is 0 Å². The first kappa shape index (κ1) is 14.2. The molecule has 2 aromatic rings. The van der Waals surface area contributed by atoms with Gasteiger partial charge in [0.25, 0.3) is 5.91 Å². The van der Waals surface area contributed by atoms with Gasteiger partial charge in [0.05, 0.1) is 24.6 Å². The van der Waals surface area contributed by atoms with Crippen LogP contribution in [0.2, 0.25) is 0 Å². The van der Waals surface area contributed by atoms with Gasteiger partial charge in [0.2, 0.25) is 0 Å². The van der Waals surface area contributed by atoms with E-state index in [-0.39, 0.29) is 18.1 Å². The van der Waals surface area contributed by atoms with Crippen LogP contribution in [0.3, 0.4) is 0 Å². The molecule has 0 unspecified atom stereocenters. The lowest BCUT2D eigenvalue weighted by Crippen LogP contribution is -2.21. The minimum absolute atomic E-state index is 0.00739. The molecule has 0 bridgehead atoms. The number of aromatic nitrogens is 1. The fourth-order valence-corrected chi connectivity index (χ4v) is 3.77. The summed E-state index contributed by atoms with van der Waals surface area (Å²) in [6, 6.07) is 1.86. The summed E-state index contributed by atoms with van der Waals surface area (Å²) in [5.74, 6) is -1.23. The Kier molecular flexibility index (Phi) is 4.00. The molecular weight excluding hydrogens is 312 g/mol. The second-order valence-electron chi connectivity index (χ2n) is 4.48. The number of thiophene rings is 1. The van der Waals surface area contributed by atoms with Crippen LogP contribution in [0, 0.1) is 0 Å². The Bertz CT molecular complexity index is 669. The van der Waals surface area contributed by atoms with Crippen LogP contribution >= 0.6 is 22.7 Å². The fraction of sp³-hybridized carbons (Fsp3) is 0.308. The lowest BCUT2D eigenvalue weighted by molar-refractivity contribution is 0.0691. The van der Waals surface area contributed by atoms with Crippen LogP contribution < -0.4 is 5.32 Å². The second kappa shape index (κ2) is 5.92. The number of hydrogen-bond acceptors (Lipinski definition) is 6. The highest BCUT2D eigenvalue weighted by Gasteiger charge is 2.18. The molecule has 0 radical (unpaired) electrons. The molecule has 0 spiro atoms. The van der Waals surface area contributed by atoms with Crippen molar-refractivity contribution in [3.05, 3.63) is 37.5 Å². The molecule has 0 fully saturated rings. The van der Waals surface area contributed by atoms with Crippen molar-refractivity contribution in [1.29, 1.82) is 0 Å². The van der Waals surface area contributed by atoms with Crippen molar-refractivity contribution in [3.8, 4) is 0 Å². The number of rotatable bonds is 4. The minimum atomic E-state index is -1.06. The number of fused-ring (bicyclic) bond motifs is 1. The van der Waals surface area contributed by atoms with Gasteiger partial charge in [-0.05, 0) is 11.6 Å². The Morgan fingerprint density at radius 3 is 3.05 bits per heavy atom. The number of carboxylic acid groups (broad SMARTS) is 1. The SMILES string of the molecule is O=C(O)c1csc(CNC(=O)c2cc3c(s2)CCOC3)n1. The zero-order valence-corrected chi connectivity index (χ0v) is 12.6. The van der Waals surface area contributed by atoms with Crippen LogP contribution in [-0.2, 0) is 24.3 Å². The molecule has 8 heteroatoms. The van der Waals surface area contributed by atoms with E-state index >= 15 is 0 Å². The average Bonchev–Trinajstić information content (AvgIpc) is 3.11. The number of carboxylic acids is 1. The number of amides is 1. The molecule has 3 rings (SSSR count). The van der Waals surface area contributed by atoms with Crippen molar-refractivity contribution >= 4 is 34.6 Å². The van der Waals surface area contributed by atoms with Gasteiger partial charge < -0.3 is 15.2 Å². The molecule has 6 nitrogen and oxygen atoms in total. The number of aromatic carboxylic acids is 1. The Balaban J connectivity index is 1.63. The molecule has 0 saturated heterocycles. The van der Waals surface area contributed by atoms with Crippen molar-refractivity contribution in [2.45, 2.75) is 19.6 Å². The second-order valence-corrected chi connectivity index (χ2v) is 6.56. The summed E-state index contributed by atoms with van der Waals surface area (Å²) >= 11 is 2.70. The van der Waals surface area contributed by atoms with Gasteiger partial charge >= 0.3 is 5.97 Å². The molecule has 2 aromatic heterocycles. The van der Waals surface area contributed by atoms with Crippen molar-refractivity contribution in [1.82, 2.24) is 10.3 Å². The molecule has 0 saturated carbocycles. The summed E-state index contributed by atoms with van der Waals surface area (Å²) in [5, 5.41) is 13.6. The summed E-state index contributed by atoms with van der Waals surface area (Å²) < 4.78 is 5.35. The van der Waals surface area contributed by atoms with Gasteiger partial charge in [-0.3, -0.25) is 4.79 Å². The van der Waals surface area contributed by atoms with Gasteiger partial charge in [0, 0.05) is 16.7 Å². The van der Waals surface area contributed by atoms with Crippen molar-refractivity contribution in [2.75, 3.05) is 6.61 Å². The minimum Gasteiger partial charge on any atom is -0.476 e. The van der Waals surface area contributed by atoms with Gasteiger partial charge in [-0.1, -0.05) is 0 Å². The number of carbonyl (C=O) groups excluding carboxylic acids is 1. The summed E-state index contributed by atoms with van der Waals surface area (Å²) in [6.07, 6.45) is 0.849. The highest BCUT2D eigenvalue weighted by atomic mass is 32.1. The van der Waals surface area contributed by atoms with Crippen molar-refractivity contribution in [2.24, 2.45) is 0 Å². The smallest absolute Gasteiger partial charge is 0.355 e. The van der Waals surface area contributed by atoms with E-state index in [1.807, 2.05) is 6.07 Å². The third kappa shape index (κ3) is 3.12. The lowest BCUT2D eigenvalue weighted by atomic mass is 10.2. The number of nitrogens with one attached hydrogen (secondary N) is 1. The number of nitrogens with zero attached hydrogens (tertiary/aromatic N) is 1. The van der Waals surface area contributed by atoms with E-state index in [1.54, 1.807) is 0 Å². The predicted octanol–water partition coefficient (Wildman–Crippen LogP) is 1.91. The van der Waals surface area contributed by atoms with Gasteiger partial charge in [0.1, 0.15) is 5.01 Å². The molecule has 1 amide bonds. The Morgan fingerprint density at radius 2 is 2.33 bits per heavy atom. The first-order valence-electron chi connectivity index (χ1n) is 6.28. The summed E-state index contributed by atoms with van der Waals surface area (Å²) in [7, 11) is 0. The molecule has 0 atom stereocenters. The topological polar surface area (TPSA) is 88.5 Å². The lowest BCUT2D eigenvalue weighted by Gasteiger charge is -2.10. The summed E-state index contributed by atoms with van der Waals surface area (Å²) in [5.41, 5.74) is 1.09.